The van der Waals surface area contributed by atoms with Crippen molar-refractivity contribution in [1.82, 2.24) is 9.55 Å². The number of hydrogen-bond acceptors (Lipinski definition) is 2. The van der Waals surface area contributed by atoms with Gasteiger partial charge in [-0.2, -0.15) is 0 Å². The van der Waals surface area contributed by atoms with Crippen LogP contribution in [-0.2, 0) is 7.05 Å². The first-order valence-electron chi connectivity index (χ1n) is 7.61. The summed E-state index contributed by atoms with van der Waals surface area (Å²) in [6, 6.07) is 9.26. The normalized spacial score (nSPS) is 11.0. The van der Waals surface area contributed by atoms with Gasteiger partial charge in [0, 0.05) is 36.0 Å². The van der Waals surface area contributed by atoms with E-state index < -0.39 is 0 Å². The molecule has 5 nitrogen and oxygen atoms in total. The number of aromatic nitrogens is 2. The van der Waals surface area contributed by atoms with Crippen LogP contribution >= 0.6 is 0 Å². The molecule has 0 aliphatic carbocycles. The minimum atomic E-state index is -0.278. The average molecular weight is 308 g/mol. The monoisotopic (exact) mass is 308 g/mol. The van der Waals surface area contributed by atoms with Crippen molar-refractivity contribution in [1.29, 1.82) is 0 Å². The molecule has 0 unspecified atom stereocenters. The third-order valence-electron chi connectivity index (χ3n) is 3.82. The largest absolute Gasteiger partial charge is 0.350 e. The van der Waals surface area contributed by atoms with Crippen LogP contribution in [0.1, 0.15) is 25.3 Å². The maximum atomic E-state index is 12.1. The van der Waals surface area contributed by atoms with Crippen LogP contribution in [0.5, 0.6) is 0 Å². The summed E-state index contributed by atoms with van der Waals surface area (Å²) in [4.78, 5) is 16.1. The third-order valence-corrected chi connectivity index (χ3v) is 3.82. The molecule has 0 spiro atoms. The molecule has 0 bridgehead atoms. The Morgan fingerprint density at radius 1 is 1.17 bits per heavy atom. The number of carbonyl (C=O) groups excluding carboxylic acids is 1. The molecule has 0 saturated carbocycles. The highest BCUT2D eigenvalue weighted by Gasteiger charge is 2.11. The van der Waals surface area contributed by atoms with Gasteiger partial charge in [0.1, 0.15) is 0 Å². The third kappa shape index (κ3) is 3.18. The standard InChI is InChI=1S/C18H20N4O/c1-12(2)16-11-22(3)17-7-6-13(9-15(16)17)20-18(23)21-14-5-4-8-19-10-14/h4-12H,1-3H3,(H2,20,21,23). The molecule has 0 atom stereocenters. The lowest BCUT2D eigenvalue weighted by atomic mass is 10.0. The van der Waals surface area contributed by atoms with Gasteiger partial charge in [0.15, 0.2) is 0 Å². The molecular formula is C18H20N4O. The highest BCUT2D eigenvalue weighted by atomic mass is 16.2. The van der Waals surface area contributed by atoms with Gasteiger partial charge >= 0.3 is 6.03 Å². The number of nitrogens with zero attached hydrogens (tertiary/aromatic N) is 2. The van der Waals surface area contributed by atoms with E-state index in [2.05, 4.69) is 40.2 Å². The minimum Gasteiger partial charge on any atom is -0.350 e. The van der Waals surface area contributed by atoms with Crippen molar-refractivity contribution in [3.8, 4) is 0 Å². The highest BCUT2D eigenvalue weighted by Crippen LogP contribution is 2.29. The van der Waals surface area contributed by atoms with Crippen LogP contribution in [0.3, 0.4) is 0 Å². The summed E-state index contributed by atoms with van der Waals surface area (Å²) >= 11 is 0. The summed E-state index contributed by atoms with van der Waals surface area (Å²) in [6.07, 6.45) is 5.42. The number of rotatable bonds is 3. The second-order valence-electron chi connectivity index (χ2n) is 5.90. The summed E-state index contributed by atoms with van der Waals surface area (Å²) in [6.45, 7) is 4.34. The number of anilines is 2. The van der Waals surface area contributed by atoms with Gasteiger partial charge in [-0.1, -0.05) is 13.8 Å². The summed E-state index contributed by atoms with van der Waals surface area (Å²) in [7, 11) is 2.04. The predicted octanol–water partition coefficient (Wildman–Crippen LogP) is 4.34. The number of benzene rings is 1. The molecule has 23 heavy (non-hydrogen) atoms. The Morgan fingerprint density at radius 3 is 2.65 bits per heavy atom. The molecule has 0 saturated heterocycles. The lowest BCUT2D eigenvalue weighted by molar-refractivity contribution is 0.262. The van der Waals surface area contributed by atoms with Crippen molar-refractivity contribution >= 4 is 28.3 Å². The molecule has 118 valence electrons. The molecule has 1 aromatic carbocycles. The van der Waals surface area contributed by atoms with Crippen molar-refractivity contribution in [2.24, 2.45) is 7.05 Å². The lowest BCUT2D eigenvalue weighted by Gasteiger charge is -2.08. The highest BCUT2D eigenvalue weighted by molar-refractivity contribution is 6.01. The maximum absolute atomic E-state index is 12.1. The van der Waals surface area contributed by atoms with Crippen molar-refractivity contribution in [3.63, 3.8) is 0 Å². The Morgan fingerprint density at radius 2 is 1.96 bits per heavy atom. The van der Waals surface area contributed by atoms with Gasteiger partial charge in [-0.25, -0.2) is 4.79 Å². The Kier molecular flexibility index (Phi) is 4.02. The molecule has 0 aliphatic rings. The number of aryl methyl sites for hydroxylation is 1. The smallest absolute Gasteiger partial charge is 0.323 e. The summed E-state index contributed by atoms with van der Waals surface area (Å²) in [5.41, 5.74) is 3.87. The second kappa shape index (κ2) is 6.12. The average Bonchev–Trinajstić information content (AvgIpc) is 2.85. The van der Waals surface area contributed by atoms with E-state index in [9.17, 15) is 4.79 Å². The van der Waals surface area contributed by atoms with E-state index in [1.54, 1.807) is 24.5 Å². The molecular weight excluding hydrogens is 288 g/mol. The quantitative estimate of drug-likeness (QED) is 0.756. The van der Waals surface area contributed by atoms with Crippen LogP contribution in [0.2, 0.25) is 0 Å². The van der Waals surface area contributed by atoms with E-state index in [4.69, 9.17) is 0 Å². The van der Waals surface area contributed by atoms with E-state index in [1.165, 1.54) is 10.9 Å². The Hall–Kier alpha value is -2.82. The number of hydrogen-bond donors (Lipinski definition) is 2. The Balaban J connectivity index is 1.83. The number of urea groups is 1. The van der Waals surface area contributed by atoms with Gasteiger partial charge in [-0.05, 0) is 41.8 Å². The molecule has 2 aromatic heterocycles. The Bertz CT molecular complexity index is 837. The molecule has 3 aromatic rings. The van der Waals surface area contributed by atoms with Crippen LogP contribution < -0.4 is 10.6 Å². The molecule has 2 amide bonds. The lowest BCUT2D eigenvalue weighted by Crippen LogP contribution is -2.19. The number of nitrogens with one attached hydrogen (secondary N) is 2. The van der Waals surface area contributed by atoms with Gasteiger partial charge in [0.2, 0.25) is 0 Å². The summed E-state index contributed by atoms with van der Waals surface area (Å²) < 4.78 is 2.12. The molecule has 2 heterocycles. The van der Waals surface area contributed by atoms with Gasteiger partial charge in [-0.3, -0.25) is 4.98 Å². The van der Waals surface area contributed by atoms with E-state index in [1.807, 2.05) is 25.2 Å². The first-order valence-corrected chi connectivity index (χ1v) is 7.61. The SMILES string of the molecule is CC(C)c1cn(C)c2ccc(NC(=O)Nc3cccnc3)cc12. The van der Waals surface area contributed by atoms with Crippen molar-refractivity contribution < 1.29 is 4.79 Å². The first kappa shape index (κ1) is 15.1. The zero-order valence-electron chi connectivity index (χ0n) is 13.5. The van der Waals surface area contributed by atoms with E-state index in [0.29, 0.717) is 11.6 Å². The molecule has 3 rings (SSSR count). The van der Waals surface area contributed by atoms with Crippen LogP contribution in [0.4, 0.5) is 16.2 Å². The molecule has 0 aliphatic heterocycles. The second-order valence-corrected chi connectivity index (χ2v) is 5.90. The molecule has 0 radical (unpaired) electrons. The summed E-state index contributed by atoms with van der Waals surface area (Å²) in [5.74, 6) is 0.429. The topological polar surface area (TPSA) is 59.0 Å². The zero-order chi connectivity index (χ0) is 16.4. The number of pyridine rings is 1. The Labute approximate surface area is 135 Å². The van der Waals surface area contributed by atoms with Crippen LogP contribution in [0.25, 0.3) is 10.9 Å². The predicted molar refractivity (Wildman–Crippen MR) is 93.9 cm³/mol. The van der Waals surface area contributed by atoms with Crippen molar-refractivity contribution in [2.45, 2.75) is 19.8 Å². The fraction of sp³-hybridized carbons (Fsp3) is 0.222. The van der Waals surface area contributed by atoms with E-state index >= 15 is 0 Å². The van der Waals surface area contributed by atoms with Crippen molar-refractivity contribution in [3.05, 3.63) is 54.5 Å². The zero-order valence-corrected chi connectivity index (χ0v) is 13.5. The fourth-order valence-corrected chi connectivity index (χ4v) is 2.69. The van der Waals surface area contributed by atoms with Crippen molar-refractivity contribution in [2.75, 3.05) is 10.6 Å². The molecule has 2 N–H and O–H groups in total. The first-order chi connectivity index (χ1) is 11.0. The maximum Gasteiger partial charge on any atom is 0.323 e. The number of carbonyl (C=O) groups is 1. The fourth-order valence-electron chi connectivity index (χ4n) is 2.69. The van der Waals surface area contributed by atoms with Gasteiger partial charge in [0.05, 0.1) is 11.9 Å². The van der Waals surface area contributed by atoms with Gasteiger partial charge < -0.3 is 15.2 Å². The van der Waals surface area contributed by atoms with E-state index in [-0.39, 0.29) is 6.03 Å². The minimum absolute atomic E-state index is 0.278. The summed E-state index contributed by atoms with van der Waals surface area (Å²) in [5, 5.41) is 6.80. The number of fused-ring (bicyclic) bond motifs is 1. The molecule has 0 fully saturated rings. The van der Waals surface area contributed by atoms with E-state index in [0.717, 1.165) is 11.2 Å². The van der Waals surface area contributed by atoms with Crippen LogP contribution in [0.15, 0.2) is 48.9 Å². The van der Waals surface area contributed by atoms with Gasteiger partial charge in [-0.15, -0.1) is 0 Å². The molecule has 5 heteroatoms. The van der Waals surface area contributed by atoms with Crippen LogP contribution in [0, 0.1) is 0 Å². The van der Waals surface area contributed by atoms with Gasteiger partial charge in [0.25, 0.3) is 0 Å². The van der Waals surface area contributed by atoms with Crippen LogP contribution in [-0.4, -0.2) is 15.6 Å². The number of amides is 2.